The van der Waals surface area contributed by atoms with Gasteiger partial charge in [0.05, 0.1) is 13.0 Å². The fraction of sp³-hybridized carbons (Fsp3) is 0.917. The Morgan fingerprint density at radius 2 is 2.06 bits per heavy atom. The molecule has 0 fully saturated rings. The summed E-state index contributed by atoms with van der Waals surface area (Å²) in [5.41, 5.74) is 0. The van der Waals surface area contributed by atoms with Crippen molar-refractivity contribution in [3.63, 3.8) is 0 Å². The molecule has 0 radical (unpaired) electrons. The molecule has 0 heterocycles. The first-order valence-corrected chi connectivity index (χ1v) is 6.10. The maximum absolute atomic E-state index is 11.0. The van der Waals surface area contributed by atoms with E-state index in [9.17, 15) is 4.79 Å². The van der Waals surface area contributed by atoms with Crippen LogP contribution in [-0.4, -0.2) is 38.9 Å². The van der Waals surface area contributed by atoms with Gasteiger partial charge in [-0.2, -0.15) is 0 Å². The second kappa shape index (κ2) is 10.9. The van der Waals surface area contributed by atoms with Crippen molar-refractivity contribution in [1.82, 2.24) is 5.32 Å². The van der Waals surface area contributed by atoms with Crippen LogP contribution < -0.4 is 5.32 Å². The molecule has 16 heavy (non-hydrogen) atoms. The van der Waals surface area contributed by atoms with Crippen LogP contribution in [0.1, 0.15) is 33.6 Å². The highest BCUT2D eigenvalue weighted by molar-refractivity contribution is 5.69. The maximum Gasteiger partial charge on any atom is 0.307 e. The van der Waals surface area contributed by atoms with Gasteiger partial charge in [-0.15, -0.1) is 0 Å². The quantitative estimate of drug-likeness (QED) is 0.458. The Bertz CT molecular complexity index is 172. The summed E-state index contributed by atoms with van der Waals surface area (Å²) >= 11 is 0. The van der Waals surface area contributed by atoms with Crippen molar-refractivity contribution in [2.75, 3.05) is 32.9 Å². The molecule has 0 aliphatic heterocycles. The normalized spacial score (nSPS) is 10.8. The van der Waals surface area contributed by atoms with Crippen molar-refractivity contribution in [1.29, 1.82) is 0 Å². The Hall–Kier alpha value is -0.610. The number of carbonyl (C=O) groups excluding carboxylic acids is 1. The van der Waals surface area contributed by atoms with Crippen LogP contribution in [0.3, 0.4) is 0 Å². The number of carbonyl (C=O) groups is 1. The molecule has 0 unspecified atom stereocenters. The van der Waals surface area contributed by atoms with Gasteiger partial charge in [0, 0.05) is 19.8 Å². The summed E-state index contributed by atoms with van der Waals surface area (Å²) in [4.78, 5) is 11.0. The highest BCUT2D eigenvalue weighted by Gasteiger charge is 1.99. The Morgan fingerprint density at radius 1 is 1.31 bits per heavy atom. The van der Waals surface area contributed by atoms with Gasteiger partial charge in [-0.1, -0.05) is 13.8 Å². The molecule has 0 saturated heterocycles. The third-order valence-corrected chi connectivity index (χ3v) is 1.90. The lowest BCUT2D eigenvalue weighted by Crippen LogP contribution is -2.21. The monoisotopic (exact) mass is 231 g/mol. The zero-order chi connectivity index (χ0) is 12.2. The van der Waals surface area contributed by atoms with Crippen LogP contribution in [0.5, 0.6) is 0 Å². The van der Waals surface area contributed by atoms with Crippen LogP contribution in [0.15, 0.2) is 0 Å². The number of esters is 1. The van der Waals surface area contributed by atoms with E-state index in [2.05, 4.69) is 19.2 Å². The van der Waals surface area contributed by atoms with Crippen molar-refractivity contribution < 1.29 is 14.3 Å². The second-order valence-electron chi connectivity index (χ2n) is 4.13. The first-order valence-electron chi connectivity index (χ1n) is 6.10. The zero-order valence-electron chi connectivity index (χ0n) is 10.8. The number of rotatable bonds is 10. The van der Waals surface area contributed by atoms with E-state index < -0.39 is 0 Å². The van der Waals surface area contributed by atoms with E-state index in [1.165, 1.54) is 0 Å². The van der Waals surface area contributed by atoms with Crippen LogP contribution in [0, 0.1) is 5.92 Å². The van der Waals surface area contributed by atoms with Crippen molar-refractivity contribution in [2.24, 2.45) is 5.92 Å². The molecule has 4 heteroatoms. The van der Waals surface area contributed by atoms with E-state index in [-0.39, 0.29) is 5.97 Å². The average molecular weight is 231 g/mol. The van der Waals surface area contributed by atoms with Gasteiger partial charge in [-0.3, -0.25) is 4.79 Å². The zero-order valence-corrected chi connectivity index (χ0v) is 10.8. The van der Waals surface area contributed by atoms with Crippen molar-refractivity contribution in [3.05, 3.63) is 0 Å². The molecular weight excluding hydrogens is 206 g/mol. The molecule has 0 aliphatic carbocycles. The maximum atomic E-state index is 11.0. The van der Waals surface area contributed by atoms with Gasteiger partial charge in [0.25, 0.3) is 0 Å². The minimum atomic E-state index is -0.133. The third-order valence-electron chi connectivity index (χ3n) is 1.90. The Balaban J connectivity index is 3.07. The fourth-order valence-electron chi connectivity index (χ4n) is 1.17. The SMILES string of the molecule is CCOC(=O)CCNCCCOCC(C)C. The molecule has 0 spiro atoms. The van der Waals surface area contributed by atoms with E-state index in [0.29, 0.717) is 25.5 Å². The van der Waals surface area contributed by atoms with Crippen LogP contribution in [-0.2, 0) is 14.3 Å². The van der Waals surface area contributed by atoms with Crippen molar-refractivity contribution in [3.8, 4) is 0 Å². The third kappa shape index (κ3) is 11.5. The first-order chi connectivity index (χ1) is 7.66. The molecule has 0 rings (SSSR count). The van der Waals surface area contributed by atoms with Gasteiger partial charge in [0.2, 0.25) is 0 Å². The molecule has 0 bridgehead atoms. The molecule has 0 atom stereocenters. The summed E-state index contributed by atoms with van der Waals surface area (Å²) in [7, 11) is 0. The smallest absolute Gasteiger partial charge is 0.307 e. The predicted molar refractivity (Wildman–Crippen MR) is 64.4 cm³/mol. The van der Waals surface area contributed by atoms with Gasteiger partial charge in [-0.25, -0.2) is 0 Å². The van der Waals surface area contributed by atoms with Crippen molar-refractivity contribution >= 4 is 5.97 Å². The summed E-state index contributed by atoms with van der Waals surface area (Å²) in [5, 5.41) is 3.18. The molecule has 96 valence electrons. The van der Waals surface area contributed by atoms with E-state index in [4.69, 9.17) is 9.47 Å². The first kappa shape index (κ1) is 15.4. The average Bonchev–Trinajstić information content (AvgIpc) is 2.22. The van der Waals surface area contributed by atoms with Crippen LogP contribution in [0.4, 0.5) is 0 Å². The summed E-state index contributed by atoms with van der Waals surface area (Å²) in [6.45, 7) is 9.72. The number of hydrogen-bond donors (Lipinski definition) is 1. The lowest BCUT2D eigenvalue weighted by Gasteiger charge is -2.07. The Morgan fingerprint density at radius 3 is 2.69 bits per heavy atom. The van der Waals surface area contributed by atoms with Gasteiger partial charge in [0.1, 0.15) is 0 Å². The van der Waals surface area contributed by atoms with Crippen LogP contribution >= 0.6 is 0 Å². The molecule has 0 aromatic heterocycles. The number of hydrogen-bond acceptors (Lipinski definition) is 4. The minimum absolute atomic E-state index is 0.133. The largest absolute Gasteiger partial charge is 0.466 e. The van der Waals surface area contributed by atoms with Gasteiger partial charge < -0.3 is 14.8 Å². The van der Waals surface area contributed by atoms with Crippen LogP contribution in [0.2, 0.25) is 0 Å². The molecule has 0 amide bonds. The highest BCUT2D eigenvalue weighted by Crippen LogP contribution is 1.92. The summed E-state index contributed by atoms with van der Waals surface area (Å²) in [6, 6.07) is 0. The molecular formula is C12H25NO3. The van der Waals surface area contributed by atoms with E-state index in [1.807, 2.05) is 6.92 Å². The standard InChI is InChI=1S/C12H25NO3/c1-4-16-12(14)6-8-13-7-5-9-15-10-11(2)3/h11,13H,4-10H2,1-3H3. The molecule has 4 nitrogen and oxygen atoms in total. The number of ether oxygens (including phenoxy) is 2. The van der Waals surface area contributed by atoms with Crippen LogP contribution in [0.25, 0.3) is 0 Å². The molecule has 0 saturated carbocycles. The van der Waals surface area contributed by atoms with E-state index in [0.717, 1.165) is 26.2 Å². The van der Waals surface area contributed by atoms with Gasteiger partial charge in [0.15, 0.2) is 0 Å². The summed E-state index contributed by atoms with van der Waals surface area (Å²) in [5.74, 6) is 0.461. The lowest BCUT2D eigenvalue weighted by atomic mass is 10.2. The van der Waals surface area contributed by atoms with Gasteiger partial charge in [-0.05, 0) is 25.8 Å². The summed E-state index contributed by atoms with van der Waals surface area (Å²) in [6.07, 6.45) is 1.43. The number of nitrogens with one attached hydrogen (secondary N) is 1. The molecule has 0 aromatic rings. The fourth-order valence-corrected chi connectivity index (χ4v) is 1.17. The summed E-state index contributed by atoms with van der Waals surface area (Å²) < 4.78 is 10.2. The Labute approximate surface area is 98.7 Å². The molecule has 0 aromatic carbocycles. The molecule has 0 aliphatic rings. The highest BCUT2D eigenvalue weighted by atomic mass is 16.5. The Kier molecular flexibility index (Phi) is 10.5. The second-order valence-corrected chi connectivity index (χ2v) is 4.13. The van der Waals surface area contributed by atoms with Crippen molar-refractivity contribution in [2.45, 2.75) is 33.6 Å². The minimum Gasteiger partial charge on any atom is -0.466 e. The van der Waals surface area contributed by atoms with E-state index >= 15 is 0 Å². The topological polar surface area (TPSA) is 47.6 Å². The lowest BCUT2D eigenvalue weighted by molar-refractivity contribution is -0.142. The predicted octanol–water partition coefficient (Wildman–Crippen LogP) is 1.59. The molecule has 1 N–H and O–H groups in total. The van der Waals surface area contributed by atoms with Gasteiger partial charge >= 0.3 is 5.97 Å². The van der Waals surface area contributed by atoms with E-state index in [1.54, 1.807) is 0 Å².